The lowest BCUT2D eigenvalue weighted by atomic mass is 10.1. The lowest BCUT2D eigenvalue weighted by molar-refractivity contribution is -0.681. The number of fused-ring (bicyclic) bond motifs is 1. The Balaban J connectivity index is 1.80. The molecule has 68 valence electrons. The molecule has 1 heteroatoms. The van der Waals surface area contributed by atoms with Gasteiger partial charge in [-0.1, -0.05) is 20.3 Å². The summed E-state index contributed by atoms with van der Waals surface area (Å²) in [5.41, 5.74) is 3.57. The predicted molar refractivity (Wildman–Crippen MR) is 51.4 cm³/mol. The Kier molecular flexibility index (Phi) is 1.80. The molecular weight excluding hydrogens is 146 g/mol. The van der Waals surface area contributed by atoms with Crippen molar-refractivity contribution >= 4 is 0 Å². The molecule has 0 aliphatic carbocycles. The lowest BCUT2D eigenvalue weighted by Gasteiger charge is -2.05. The summed E-state index contributed by atoms with van der Waals surface area (Å²) in [5, 5.41) is 0. The molecule has 12 heavy (non-hydrogen) atoms. The quantitative estimate of drug-likeness (QED) is 0.435. The van der Waals surface area contributed by atoms with Crippen LogP contribution in [0.2, 0.25) is 0 Å². The summed E-state index contributed by atoms with van der Waals surface area (Å²) in [6, 6.07) is 0.960. The molecule has 0 radical (unpaired) electrons. The van der Waals surface area contributed by atoms with E-state index in [0.29, 0.717) is 0 Å². The number of allylic oxidation sites excluding steroid dienone is 1. The van der Waals surface area contributed by atoms with E-state index >= 15 is 0 Å². The van der Waals surface area contributed by atoms with Gasteiger partial charge < -0.3 is 0 Å². The summed E-state index contributed by atoms with van der Waals surface area (Å²) in [4.78, 5) is 0. The third-order valence-electron chi connectivity index (χ3n) is 3.51. The van der Waals surface area contributed by atoms with Crippen molar-refractivity contribution in [2.45, 2.75) is 52.0 Å². The molecule has 1 saturated heterocycles. The van der Waals surface area contributed by atoms with E-state index < -0.39 is 0 Å². The monoisotopic (exact) mass is 166 g/mol. The van der Waals surface area contributed by atoms with Crippen molar-refractivity contribution in [2.24, 2.45) is 0 Å². The van der Waals surface area contributed by atoms with Gasteiger partial charge in [-0.05, 0) is 12.8 Å². The highest BCUT2D eigenvalue weighted by Crippen LogP contribution is 2.66. The van der Waals surface area contributed by atoms with Gasteiger partial charge in [0.25, 0.3) is 0 Å². The van der Waals surface area contributed by atoms with Crippen LogP contribution in [0.15, 0.2) is 11.4 Å². The fraction of sp³-hybridized carbons (Fsp3) is 0.818. The highest BCUT2D eigenvalue weighted by atomic mass is 15.6. The molecule has 0 spiro atoms. The van der Waals surface area contributed by atoms with Gasteiger partial charge in [0.2, 0.25) is 5.70 Å². The van der Waals surface area contributed by atoms with E-state index in [1.54, 1.807) is 11.4 Å². The largest absolute Gasteiger partial charge is 0.243 e. The van der Waals surface area contributed by atoms with Gasteiger partial charge in [0.15, 0.2) is 11.7 Å². The maximum atomic E-state index is 2.39. The Morgan fingerprint density at radius 3 is 2.42 bits per heavy atom. The van der Waals surface area contributed by atoms with Crippen LogP contribution in [0.1, 0.15) is 46.0 Å². The van der Waals surface area contributed by atoms with Crippen LogP contribution in [0.5, 0.6) is 0 Å². The van der Waals surface area contributed by atoms with E-state index in [4.69, 9.17) is 0 Å². The third-order valence-corrected chi connectivity index (χ3v) is 3.51. The number of likely N-dealkylation sites (N-methyl/N-ethyl adjacent to an activating group) is 1. The highest BCUT2D eigenvalue weighted by Gasteiger charge is 2.78. The van der Waals surface area contributed by atoms with Crippen LogP contribution >= 0.6 is 0 Å². The maximum absolute atomic E-state index is 2.39. The Hall–Kier alpha value is -0.300. The smallest absolute Gasteiger partial charge is 0.231 e. The van der Waals surface area contributed by atoms with Crippen molar-refractivity contribution in [3.63, 3.8) is 0 Å². The average molecular weight is 166 g/mol. The SMILES string of the molecule is CCCCC1=C2C(CCC)[N+]12C. The Morgan fingerprint density at radius 2 is 1.92 bits per heavy atom. The normalized spacial score (nSPS) is 36.8. The van der Waals surface area contributed by atoms with Crippen molar-refractivity contribution in [3.8, 4) is 0 Å². The van der Waals surface area contributed by atoms with Gasteiger partial charge in [-0.3, -0.25) is 0 Å². The van der Waals surface area contributed by atoms with Crippen LogP contribution in [-0.2, 0) is 0 Å². The number of unbranched alkanes of at least 4 members (excludes halogenated alkanes) is 1. The van der Waals surface area contributed by atoms with Gasteiger partial charge in [-0.15, -0.1) is 0 Å². The summed E-state index contributed by atoms with van der Waals surface area (Å²) in [7, 11) is 2.39. The molecule has 2 aliphatic rings. The zero-order valence-electron chi connectivity index (χ0n) is 8.56. The van der Waals surface area contributed by atoms with Gasteiger partial charge in [-0.2, -0.15) is 0 Å². The van der Waals surface area contributed by atoms with Gasteiger partial charge in [-0.25, -0.2) is 4.48 Å². The minimum Gasteiger partial charge on any atom is -0.243 e. The van der Waals surface area contributed by atoms with Crippen molar-refractivity contribution in [2.75, 3.05) is 7.05 Å². The summed E-state index contributed by atoms with van der Waals surface area (Å²) in [6.07, 6.45) is 6.88. The molecule has 0 bridgehead atoms. The average Bonchev–Trinajstić information content (AvgIpc) is 2.84. The highest BCUT2D eigenvalue weighted by molar-refractivity contribution is 5.37. The Morgan fingerprint density at radius 1 is 1.25 bits per heavy atom. The van der Waals surface area contributed by atoms with E-state index in [1.165, 1.54) is 36.6 Å². The molecule has 2 aliphatic heterocycles. The van der Waals surface area contributed by atoms with Gasteiger partial charge >= 0.3 is 0 Å². The molecule has 0 amide bonds. The zero-order valence-corrected chi connectivity index (χ0v) is 8.56. The first-order chi connectivity index (χ1) is 5.76. The molecule has 1 nitrogen and oxygen atoms in total. The van der Waals surface area contributed by atoms with Crippen LogP contribution in [0, 0.1) is 0 Å². The van der Waals surface area contributed by atoms with Gasteiger partial charge in [0.1, 0.15) is 0 Å². The number of hydrogen-bond donors (Lipinski definition) is 0. The van der Waals surface area contributed by atoms with E-state index in [0.717, 1.165) is 6.04 Å². The fourth-order valence-corrected chi connectivity index (χ4v) is 2.56. The molecule has 2 rings (SSSR count). The second kappa shape index (κ2) is 2.59. The number of quaternary nitrogens is 1. The Labute approximate surface area is 75.7 Å². The first kappa shape index (κ1) is 8.31. The minimum atomic E-state index is 0.960. The predicted octanol–water partition coefficient (Wildman–Crippen LogP) is 3.03. The molecule has 0 N–H and O–H groups in total. The van der Waals surface area contributed by atoms with Crippen LogP contribution in [-0.4, -0.2) is 17.6 Å². The zero-order chi connectivity index (χ0) is 8.77. The summed E-state index contributed by atoms with van der Waals surface area (Å²) in [6.45, 7) is 4.56. The van der Waals surface area contributed by atoms with E-state index in [1.807, 2.05) is 0 Å². The van der Waals surface area contributed by atoms with Crippen LogP contribution in [0.4, 0.5) is 0 Å². The molecule has 0 saturated carbocycles. The number of nitrogens with zero attached hydrogens (tertiary/aromatic N) is 1. The molecule has 2 atom stereocenters. The topological polar surface area (TPSA) is 0 Å². The molecule has 0 aromatic carbocycles. The number of rotatable bonds is 5. The summed E-state index contributed by atoms with van der Waals surface area (Å²) >= 11 is 0. The fourth-order valence-electron chi connectivity index (χ4n) is 2.56. The molecule has 2 heterocycles. The molecule has 2 unspecified atom stereocenters. The third kappa shape index (κ3) is 0.891. The first-order valence-electron chi connectivity index (χ1n) is 5.37. The van der Waals surface area contributed by atoms with Crippen molar-refractivity contribution in [3.05, 3.63) is 11.4 Å². The van der Waals surface area contributed by atoms with Crippen molar-refractivity contribution < 1.29 is 4.48 Å². The number of hydrogen-bond acceptors (Lipinski definition) is 0. The maximum Gasteiger partial charge on any atom is 0.231 e. The van der Waals surface area contributed by atoms with Crippen molar-refractivity contribution in [1.29, 1.82) is 0 Å². The standard InChI is InChI=1S/C11H20N/c1-4-6-8-10-11-9(7-5-2)12(10,11)3/h9H,4-8H2,1-3H3/q+1. The van der Waals surface area contributed by atoms with Gasteiger partial charge in [0.05, 0.1) is 7.05 Å². The van der Waals surface area contributed by atoms with Crippen LogP contribution < -0.4 is 0 Å². The van der Waals surface area contributed by atoms with E-state index in [-0.39, 0.29) is 0 Å². The Bertz CT molecular complexity index is 221. The molecule has 0 aromatic rings. The second-order valence-corrected chi connectivity index (χ2v) is 4.32. The van der Waals surface area contributed by atoms with E-state index in [2.05, 4.69) is 20.9 Å². The summed E-state index contributed by atoms with van der Waals surface area (Å²) < 4.78 is 1.30. The summed E-state index contributed by atoms with van der Waals surface area (Å²) in [5.74, 6) is 0. The van der Waals surface area contributed by atoms with Crippen LogP contribution in [0.25, 0.3) is 0 Å². The minimum absolute atomic E-state index is 0.960. The van der Waals surface area contributed by atoms with Gasteiger partial charge in [0, 0.05) is 12.8 Å². The molecule has 1 fully saturated rings. The molecule has 0 aromatic heterocycles. The van der Waals surface area contributed by atoms with E-state index in [9.17, 15) is 0 Å². The lowest BCUT2D eigenvalue weighted by Crippen LogP contribution is -2.16. The second-order valence-electron chi connectivity index (χ2n) is 4.32. The molecular formula is C11H20N+. The van der Waals surface area contributed by atoms with Crippen LogP contribution in [0.3, 0.4) is 0 Å². The van der Waals surface area contributed by atoms with Crippen molar-refractivity contribution in [1.82, 2.24) is 0 Å². The first-order valence-corrected chi connectivity index (χ1v) is 5.37.